The minimum atomic E-state index is -0.264. The van der Waals surface area contributed by atoms with Crippen LogP contribution in [0.5, 0.6) is 5.75 Å². The number of carbonyl (C=O) groups excluding carboxylic acids is 1. The summed E-state index contributed by atoms with van der Waals surface area (Å²) in [6, 6.07) is 24.9. The van der Waals surface area contributed by atoms with Crippen molar-refractivity contribution < 1.29 is 9.53 Å². The summed E-state index contributed by atoms with van der Waals surface area (Å²) in [6.07, 6.45) is 3.17. The molecule has 1 atom stereocenters. The zero-order valence-corrected chi connectivity index (χ0v) is 16.6. The van der Waals surface area contributed by atoms with E-state index in [1.54, 1.807) is 18.1 Å². The van der Waals surface area contributed by atoms with Gasteiger partial charge < -0.3 is 10.1 Å². The molecule has 6 heteroatoms. The molecular weight excluding hydrogens is 376 g/mol. The molecule has 0 saturated heterocycles. The van der Waals surface area contributed by atoms with Crippen LogP contribution in [0.1, 0.15) is 33.1 Å². The summed E-state index contributed by atoms with van der Waals surface area (Å²) in [6.45, 7) is 0.611. The van der Waals surface area contributed by atoms with Crippen molar-refractivity contribution in [3.63, 3.8) is 0 Å². The highest BCUT2D eigenvalue weighted by atomic mass is 16.5. The second-order valence-electron chi connectivity index (χ2n) is 6.88. The van der Waals surface area contributed by atoms with Crippen LogP contribution in [0.25, 0.3) is 0 Å². The molecule has 0 fully saturated rings. The van der Waals surface area contributed by atoms with E-state index >= 15 is 0 Å². The molecule has 1 heterocycles. The first-order valence-electron chi connectivity index (χ1n) is 9.64. The molecule has 1 N–H and O–H groups in total. The lowest BCUT2D eigenvalue weighted by Gasteiger charge is -2.20. The molecule has 0 bridgehead atoms. The number of aromatic nitrogens is 3. The van der Waals surface area contributed by atoms with Gasteiger partial charge in [-0.2, -0.15) is 5.10 Å². The highest BCUT2D eigenvalue weighted by Crippen LogP contribution is 2.24. The smallest absolute Gasteiger partial charge is 0.252 e. The van der Waals surface area contributed by atoms with Crippen LogP contribution >= 0.6 is 0 Å². The molecular formula is C24H22N4O2. The van der Waals surface area contributed by atoms with E-state index in [2.05, 4.69) is 15.4 Å². The average Bonchev–Trinajstić information content (AvgIpc) is 3.31. The monoisotopic (exact) mass is 398 g/mol. The van der Waals surface area contributed by atoms with Crippen molar-refractivity contribution in [1.29, 1.82) is 0 Å². The topological polar surface area (TPSA) is 69.0 Å². The number of methoxy groups -OCH3 is 1. The van der Waals surface area contributed by atoms with Gasteiger partial charge in [0.15, 0.2) is 0 Å². The third-order valence-corrected chi connectivity index (χ3v) is 4.88. The molecule has 0 saturated carbocycles. The summed E-state index contributed by atoms with van der Waals surface area (Å²) >= 11 is 0. The normalized spacial score (nSPS) is 11.6. The fraction of sp³-hybridized carbons (Fsp3) is 0.125. The lowest BCUT2D eigenvalue weighted by Crippen LogP contribution is -2.29. The number of benzene rings is 3. The van der Waals surface area contributed by atoms with E-state index in [-0.39, 0.29) is 11.9 Å². The second-order valence-corrected chi connectivity index (χ2v) is 6.88. The Morgan fingerprint density at radius 3 is 2.30 bits per heavy atom. The number of nitrogens with one attached hydrogen (secondary N) is 1. The molecule has 0 radical (unpaired) electrons. The van der Waals surface area contributed by atoms with E-state index in [9.17, 15) is 4.79 Å². The summed E-state index contributed by atoms with van der Waals surface area (Å²) in [4.78, 5) is 16.9. The minimum absolute atomic E-state index is 0.132. The zero-order chi connectivity index (χ0) is 20.8. The van der Waals surface area contributed by atoms with Gasteiger partial charge in [0, 0.05) is 5.56 Å². The summed E-state index contributed by atoms with van der Waals surface area (Å²) < 4.78 is 7.00. The van der Waals surface area contributed by atoms with E-state index in [4.69, 9.17) is 4.74 Å². The van der Waals surface area contributed by atoms with Crippen molar-refractivity contribution in [2.75, 3.05) is 7.11 Å². The molecule has 150 valence electrons. The molecule has 0 spiro atoms. The summed E-state index contributed by atoms with van der Waals surface area (Å²) in [5.74, 6) is 0.645. The third kappa shape index (κ3) is 4.55. The minimum Gasteiger partial charge on any atom is -0.497 e. The Balaban J connectivity index is 1.54. The Hall–Kier alpha value is -3.93. The van der Waals surface area contributed by atoms with E-state index < -0.39 is 0 Å². The number of rotatable bonds is 7. The highest BCUT2D eigenvalue weighted by molar-refractivity contribution is 5.94. The van der Waals surface area contributed by atoms with Crippen LogP contribution < -0.4 is 10.1 Å². The lowest BCUT2D eigenvalue weighted by molar-refractivity contribution is 0.0943. The Kier molecular flexibility index (Phi) is 5.85. The molecule has 4 aromatic rings. The number of nitrogens with zero attached hydrogens (tertiary/aromatic N) is 3. The molecule has 4 rings (SSSR count). The third-order valence-electron chi connectivity index (χ3n) is 4.88. The maximum absolute atomic E-state index is 13.0. The quantitative estimate of drug-likeness (QED) is 0.513. The summed E-state index contributed by atoms with van der Waals surface area (Å²) in [7, 11) is 1.64. The van der Waals surface area contributed by atoms with Gasteiger partial charge in [-0.3, -0.25) is 4.79 Å². The predicted octanol–water partition coefficient (Wildman–Crippen LogP) is 3.85. The number of hydrogen-bond acceptors (Lipinski definition) is 4. The Bertz CT molecular complexity index is 1080. The number of carbonyl (C=O) groups is 1. The summed E-state index contributed by atoms with van der Waals surface area (Å²) in [5.41, 5.74) is 3.65. The molecule has 30 heavy (non-hydrogen) atoms. The van der Waals surface area contributed by atoms with Crippen molar-refractivity contribution in [3.8, 4) is 5.75 Å². The van der Waals surface area contributed by atoms with Gasteiger partial charge in [-0.25, -0.2) is 9.67 Å². The van der Waals surface area contributed by atoms with Crippen LogP contribution in [0.3, 0.4) is 0 Å². The standard InChI is InChI=1S/C24H22N4O2/c1-30-22-13-11-20(12-14-22)23(19-5-3-2-4-6-19)27-24(29)21-9-7-18(8-10-21)15-28-17-25-16-26-28/h2-14,16-17,23H,15H2,1H3,(H,27,29). The van der Waals surface area contributed by atoms with Gasteiger partial charge in [-0.1, -0.05) is 54.6 Å². The maximum Gasteiger partial charge on any atom is 0.252 e. The van der Waals surface area contributed by atoms with Crippen LogP contribution in [0.4, 0.5) is 0 Å². The van der Waals surface area contributed by atoms with Crippen LogP contribution in [0.15, 0.2) is 91.5 Å². The van der Waals surface area contributed by atoms with Crippen LogP contribution in [0.2, 0.25) is 0 Å². The summed E-state index contributed by atoms with van der Waals surface area (Å²) in [5, 5.41) is 7.27. The van der Waals surface area contributed by atoms with Gasteiger partial charge in [0.05, 0.1) is 19.7 Å². The Labute approximate surface area is 175 Å². The number of ether oxygens (including phenoxy) is 1. The van der Waals surface area contributed by atoms with Gasteiger partial charge >= 0.3 is 0 Å². The van der Waals surface area contributed by atoms with Crippen LogP contribution in [-0.2, 0) is 6.54 Å². The number of amides is 1. The Morgan fingerprint density at radius 2 is 1.67 bits per heavy atom. The van der Waals surface area contributed by atoms with Crippen molar-refractivity contribution in [2.45, 2.75) is 12.6 Å². The zero-order valence-electron chi connectivity index (χ0n) is 16.6. The lowest BCUT2D eigenvalue weighted by atomic mass is 9.98. The molecule has 1 aromatic heterocycles. The van der Waals surface area contributed by atoms with Crippen LogP contribution in [0, 0.1) is 0 Å². The van der Waals surface area contributed by atoms with Gasteiger partial charge in [-0.05, 0) is 41.0 Å². The molecule has 0 aliphatic rings. The van der Waals surface area contributed by atoms with Gasteiger partial charge in [-0.15, -0.1) is 0 Å². The predicted molar refractivity (Wildman–Crippen MR) is 114 cm³/mol. The van der Waals surface area contributed by atoms with E-state index in [0.717, 1.165) is 22.4 Å². The van der Waals surface area contributed by atoms with Gasteiger partial charge in [0.1, 0.15) is 18.4 Å². The van der Waals surface area contributed by atoms with Gasteiger partial charge in [0.25, 0.3) is 5.91 Å². The largest absolute Gasteiger partial charge is 0.497 e. The molecule has 1 amide bonds. The van der Waals surface area contributed by atoms with Crippen molar-refractivity contribution >= 4 is 5.91 Å². The first-order chi connectivity index (χ1) is 14.7. The van der Waals surface area contributed by atoms with Crippen molar-refractivity contribution in [1.82, 2.24) is 20.1 Å². The van der Waals surface area contributed by atoms with Crippen molar-refractivity contribution in [3.05, 3.63) is 114 Å². The van der Waals surface area contributed by atoms with Crippen LogP contribution in [-0.4, -0.2) is 27.8 Å². The average molecular weight is 398 g/mol. The fourth-order valence-electron chi connectivity index (χ4n) is 3.28. The van der Waals surface area contributed by atoms with E-state index in [1.807, 2.05) is 78.9 Å². The first kappa shape index (κ1) is 19.4. The fourth-order valence-corrected chi connectivity index (χ4v) is 3.28. The highest BCUT2D eigenvalue weighted by Gasteiger charge is 2.18. The number of hydrogen-bond donors (Lipinski definition) is 1. The molecule has 6 nitrogen and oxygen atoms in total. The van der Waals surface area contributed by atoms with E-state index in [0.29, 0.717) is 12.1 Å². The first-order valence-corrected chi connectivity index (χ1v) is 9.64. The maximum atomic E-state index is 13.0. The second kappa shape index (κ2) is 9.05. The SMILES string of the molecule is COc1ccc(C(NC(=O)c2ccc(Cn3cncn3)cc2)c2ccccc2)cc1. The molecule has 0 aliphatic heterocycles. The Morgan fingerprint density at radius 1 is 0.967 bits per heavy atom. The van der Waals surface area contributed by atoms with Crippen molar-refractivity contribution in [2.24, 2.45) is 0 Å². The molecule has 3 aromatic carbocycles. The van der Waals surface area contributed by atoms with Gasteiger partial charge in [0.2, 0.25) is 0 Å². The molecule has 1 unspecified atom stereocenters. The molecule has 0 aliphatic carbocycles. The van der Waals surface area contributed by atoms with E-state index in [1.165, 1.54) is 6.33 Å².